The number of fused-ring (bicyclic) bond motifs is 1. The number of hydrogen-bond donors (Lipinski definition) is 1. The fraction of sp³-hybridized carbons (Fsp3) is 0.0588. The number of aryl methyl sites for hydroxylation is 1. The average molecular weight is 341 g/mol. The van der Waals surface area contributed by atoms with Gasteiger partial charge in [-0.05, 0) is 52.7 Å². The summed E-state index contributed by atoms with van der Waals surface area (Å²) in [6.45, 7) is 1.99. The number of halogens is 1. The number of aromatic nitrogens is 1. The van der Waals surface area contributed by atoms with Gasteiger partial charge in [-0.3, -0.25) is 9.78 Å². The molecule has 2 aromatic carbocycles. The zero-order valence-corrected chi connectivity index (χ0v) is 13.0. The quantitative estimate of drug-likeness (QED) is 0.743. The van der Waals surface area contributed by atoms with Crippen LogP contribution < -0.4 is 5.32 Å². The van der Waals surface area contributed by atoms with Gasteiger partial charge in [-0.15, -0.1) is 0 Å². The SMILES string of the molecule is Cc1ccc(C(=O)Nc2cccc3cccnc23)c(Br)c1. The predicted octanol–water partition coefficient (Wildman–Crippen LogP) is 4.56. The summed E-state index contributed by atoms with van der Waals surface area (Å²) < 4.78 is 0.785. The third-order valence-electron chi connectivity index (χ3n) is 3.25. The first kappa shape index (κ1) is 13.8. The first-order valence-corrected chi connectivity index (χ1v) is 7.36. The zero-order chi connectivity index (χ0) is 14.8. The van der Waals surface area contributed by atoms with Crippen LogP contribution in [-0.2, 0) is 0 Å². The topological polar surface area (TPSA) is 42.0 Å². The summed E-state index contributed by atoms with van der Waals surface area (Å²) in [5.41, 5.74) is 3.21. The molecule has 0 fully saturated rings. The molecule has 104 valence electrons. The molecule has 3 aromatic rings. The number of carbonyl (C=O) groups excluding carboxylic acids is 1. The smallest absolute Gasteiger partial charge is 0.256 e. The van der Waals surface area contributed by atoms with Crippen molar-refractivity contribution < 1.29 is 4.79 Å². The van der Waals surface area contributed by atoms with Crippen molar-refractivity contribution in [2.24, 2.45) is 0 Å². The second kappa shape index (κ2) is 5.66. The van der Waals surface area contributed by atoms with E-state index in [1.165, 1.54) is 0 Å². The van der Waals surface area contributed by atoms with Crippen molar-refractivity contribution in [2.45, 2.75) is 6.92 Å². The third kappa shape index (κ3) is 2.81. The highest BCUT2D eigenvalue weighted by molar-refractivity contribution is 9.10. The maximum Gasteiger partial charge on any atom is 0.256 e. The largest absolute Gasteiger partial charge is 0.320 e. The van der Waals surface area contributed by atoms with E-state index >= 15 is 0 Å². The molecule has 0 aliphatic carbocycles. The van der Waals surface area contributed by atoms with Gasteiger partial charge < -0.3 is 5.32 Å². The normalized spacial score (nSPS) is 10.6. The molecule has 0 unspecified atom stereocenters. The molecule has 0 radical (unpaired) electrons. The Morgan fingerprint density at radius 2 is 1.95 bits per heavy atom. The molecule has 4 heteroatoms. The van der Waals surface area contributed by atoms with E-state index in [9.17, 15) is 4.79 Å². The summed E-state index contributed by atoms with van der Waals surface area (Å²) in [4.78, 5) is 16.8. The summed E-state index contributed by atoms with van der Waals surface area (Å²) in [6.07, 6.45) is 1.72. The Morgan fingerprint density at radius 1 is 1.14 bits per heavy atom. The maximum absolute atomic E-state index is 12.4. The second-order valence-electron chi connectivity index (χ2n) is 4.82. The summed E-state index contributed by atoms with van der Waals surface area (Å²) >= 11 is 3.43. The van der Waals surface area contributed by atoms with Crippen LogP contribution in [0.3, 0.4) is 0 Å². The highest BCUT2D eigenvalue weighted by Gasteiger charge is 2.12. The van der Waals surface area contributed by atoms with Crippen molar-refractivity contribution in [3.05, 3.63) is 70.3 Å². The van der Waals surface area contributed by atoms with Crippen molar-refractivity contribution in [2.75, 3.05) is 5.32 Å². The standard InChI is InChI=1S/C17H13BrN2O/c1-11-7-8-13(14(18)10-11)17(21)20-15-6-2-4-12-5-3-9-19-16(12)15/h2-10H,1H3,(H,20,21). The lowest BCUT2D eigenvalue weighted by Gasteiger charge is -2.09. The van der Waals surface area contributed by atoms with E-state index in [1.54, 1.807) is 6.20 Å². The Hall–Kier alpha value is -2.20. The minimum absolute atomic E-state index is 0.153. The Morgan fingerprint density at radius 3 is 2.76 bits per heavy atom. The molecule has 3 rings (SSSR count). The van der Waals surface area contributed by atoms with Gasteiger partial charge in [0.05, 0.1) is 16.8 Å². The van der Waals surface area contributed by atoms with E-state index in [2.05, 4.69) is 26.2 Å². The fourth-order valence-corrected chi connectivity index (χ4v) is 2.87. The van der Waals surface area contributed by atoms with E-state index in [-0.39, 0.29) is 5.91 Å². The minimum Gasteiger partial charge on any atom is -0.320 e. The molecular formula is C17H13BrN2O. The molecule has 21 heavy (non-hydrogen) atoms. The van der Waals surface area contributed by atoms with E-state index in [4.69, 9.17) is 0 Å². The van der Waals surface area contributed by atoms with Crippen molar-refractivity contribution in [1.29, 1.82) is 0 Å². The lowest BCUT2D eigenvalue weighted by Crippen LogP contribution is -2.13. The molecule has 1 amide bonds. The summed E-state index contributed by atoms with van der Waals surface area (Å²) in [7, 11) is 0. The molecule has 3 nitrogen and oxygen atoms in total. The van der Waals surface area contributed by atoms with E-state index in [0.717, 1.165) is 20.9 Å². The lowest BCUT2D eigenvalue weighted by molar-refractivity contribution is 0.102. The molecule has 1 heterocycles. The number of carbonyl (C=O) groups is 1. The summed E-state index contributed by atoms with van der Waals surface area (Å²) in [6, 6.07) is 15.2. The number of para-hydroxylation sites is 1. The number of amides is 1. The Bertz CT molecular complexity index is 825. The molecule has 0 bridgehead atoms. The number of nitrogens with one attached hydrogen (secondary N) is 1. The molecule has 0 saturated heterocycles. The van der Waals surface area contributed by atoms with Crippen LogP contribution >= 0.6 is 15.9 Å². The van der Waals surface area contributed by atoms with E-state index < -0.39 is 0 Å². The molecular weight excluding hydrogens is 328 g/mol. The summed E-state index contributed by atoms with van der Waals surface area (Å²) in [5, 5.41) is 3.93. The van der Waals surface area contributed by atoms with Crippen LogP contribution in [0, 0.1) is 6.92 Å². The van der Waals surface area contributed by atoms with Gasteiger partial charge in [0.25, 0.3) is 5.91 Å². The second-order valence-corrected chi connectivity index (χ2v) is 5.67. The molecule has 0 atom stereocenters. The predicted molar refractivity (Wildman–Crippen MR) is 88.6 cm³/mol. The number of rotatable bonds is 2. The van der Waals surface area contributed by atoms with Crippen molar-refractivity contribution in [1.82, 2.24) is 4.98 Å². The number of benzene rings is 2. The maximum atomic E-state index is 12.4. The first-order chi connectivity index (χ1) is 10.1. The Labute approximate surface area is 131 Å². The van der Waals surface area contributed by atoms with E-state index in [0.29, 0.717) is 11.3 Å². The van der Waals surface area contributed by atoms with Gasteiger partial charge >= 0.3 is 0 Å². The van der Waals surface area contributed by atoms with Crippen molar-refractivity contribution in [3.63, 3.8) is 0 Å². The number of hydrogen-bond acceptors (Lipinski definition) is 2. The van der Waals surface area contributed by atoms with Gasteiger partial charge in [-0.1, -0.05) is 24.3 Å². The highest BCUT2D eigenvalue weighted by Crippen LogP contribution is 2.23. The van der Waals surface area contributed by atoms with Gasteiger partial charge in [0.1, 0.15) is 0 Å². The van der Waals surface area contributed by atoms with Gasteiger partial charge in [0.2, 0.25) is 0 Å². The molecule has 0 spiro atoms. The summed E-state index contributed by atoms with van der Waals surface area (Å²) in [5.74, 6) is -0.153. The van der Waals surface area contributed by atoms with Gasteiger partial charge in [0, 0.05) is 16.1 Å². The van der Waals surface area contributed by atoms with Crippen molar-refractivity contribution >= 4 is 38.4 Å². The van der Waals surface area contributed by atoms with Crippen LogP contribution in [0.5, 0.6) is 0 Å². The number of anilines is 1. The Balaban J connectivity index is 1.97. The van der Waals surface area contributed by atoms with Crippen LogP contribution in [0.1, 0.15) is 15.9 Å². The monoisotopic (exact) mass is 340 g/mol. The van der Waals surface area contributed by atoms with Crippen LogP contribution in [-0.4, -0.2) is 10.9 Å². The van der Waals surface area contributed by atoms with E-state index in [1.807, 2.05) is 55.5 Å². The van der Waals surface area contributed by atoms with Gasteiger partial charge in [-0.25, -0.2) is 0 Å². The number of pyridine rings is 1. The minimum atomic E-state index is -0.153. The number of nitrogens with zero attached hydrogens (tertiary/aromatic N) is 1. The van der Waals surface area contributed by atoms with Gasteiger partial charge in [0.15, 0.2) is 0 Å². The van der Waals surface area contributed by atoms with Crippen LogP contribution in [0.2, 0.25) is 0 Å². The van der Waals surface area contributed by atoms with Crippen LogP contribution in [0.15, 0.2) is 59.2 Å². The molecule has 1 N–H and O–H groups in total. The highest BCUT2D eigenvalue weighted by atomic mass is 79.9. The lowest BCUT2D eigenvalue weighted by atomic mass is 10.1. The Kier molecular flexibility index (Phi) is 3.71. The third-order valence-corrected chi connectivity index (χ3v) is 3.91. The average Bonchev–Trinajstić information content (AvgIpc) is 2.47. The van der Waals surface area contributed by atoms with Crippen LogP contribution in [0.25, 0.3) is 10.9 Å². The molecule has 0 aliphatic heterocycles. The zero-order valence-electron chi connectivity index (χ0n) is 11.4. The van der Waals surface area contributed by atoms with Crippen molar-refractivity contribution in [3.8, 4) is 0 Å². The first-order valence-electron chi connectivity index (χ1n) is 6.56. The fourth-order valence-electron chi connectivity index (χ4n) is 2.20. The molecule has 0 saturated carbocycles. The van der Waals surface area contributed by atoms with Gasteiger partial charge in [-0.2, -0.15) is 0 Å². The molecule has 1 aromatic heterocycles. The molecule has 0 aliphatic rings. The van der Waals surface area contributed by atoms with Crippen LogP contribution in [0.4, 0.5) is 5.69 Å².